The van der Waals surface area contributed by atoms with Crippen molar-refractivity contribution in [1.82, 2.24) is 4.90 Å². The van der Waals surface area contributed by atoms with Gasteiger partial charge in [-0.05, 0) is 74.6 Å². The van der Waals surface area contributed by atoms with Gasteiger partial charge in [0.15, 0.2) is 5.11 Å². The molecular weight excluding hydrogens is 362 g/mol. The quantitative estimate of drug-likeness (QED) is 0.673. The lowest BCUT2D eigenvalue weighted by Crippen LogP contribution is -2.40. The Kier molecular flexibility index (Phi) is 7.88. The van der Waals surface area contributed by atoms with Gasteiger partial charge in [-0.15, -0.1) is 0 Å². The van der Waals surface area contributed by atoms with E-state index in [2.05, 4.69) is 10.6 Å². The van der Waals surface area contributed by atoms with E-state index in [4.69, 9.17) is 21.7 Å². The fraction of sp³-hybridized carbons (Fsp3) is 0.300. The first-order valence-corrected chi connectivity index (χ1v) is 9.19. The Balaban J connectivity index is 1.90. The summed E-state index contributed by atoms with van der Waals surface area (Å²) in [5.74, 6) is 1.40. The molecule has 0 unspecified atom stereocenters. The number of carbonyl (C=O) groups excluding carboxylic acids is 1. The molecule has 2 N–H and O–H groups in total. The van der Waals surface area contributed by atoms with E-state index in [1.165, 1.54) is 0 Å². The molecule has 0 atom stereocenters. The molecule has 0 spiro atoms. The van der Waals surface area contributed by atoms with Crippen LogP contribution in [0.4, 0.5) is 11.4 Å². The second-order valence-corrected chi connectivity index (χ2v) is 6.07. The molecule has 144 valence electrons. The van der Waals surface area contributed by atoms with Crippen molar-refractivity contribution in [3.63, 3.8) is 0 Å². The number of amides is 1. The van der Waals surface area contributed by atoms with Crippen molar-refractivity contribution in [2.75, 3.05) is 37.4 Å². The van der Waals surface area contributed by atoms with E-state index in [1.54, 1.807) is 36.3 Å². The Morgan fingerprint density at radius 1 is 0.963 bits per heavy atom. The van der Waals surface area contributed by atoms with Crippen molar-refractivity contribution < 1.29 is 14.3 Å². The van der Waals surface area contributed by atoms with Gasteiger partial charge in [0, 0.05) is 17.9 Å². The molecular formula is C20H25N3O3S. The minimum absolute atomic E-state index is 0.141. The predicted molar refractivity (Wildman–Crippen MR) is 113 cm³/mol. The first-order valence-electron chi connectivity index (χ1n) is 8.78. The van der Waals surface area contributed by atoms with E-state index in [1.807, 2.05) is 38.1 Å². The van der Waals surface area contributed by atoms with Crippen LogP contribution in [-0.2, 0) is 4.79 Å². The molecule has 0 fully saturated rings. The molecule has 0 saturated heterocycles. The van der Waals surface area contributed by atoms with Crippen molar-refractivity contribution in [2.24, 2.45) is 0 Å². The molecule has 1 amide bonds. The Labute approximate surface area is 165 Å². The van der Waals surface area contributed by atoms with Gasteiger partial charge in [0.05, 0.1) is 20.3 Å². The lowest BCUT2D eigenvalue weighted by Gasteiger charge is -2.24. The highest BCUT2D eigenvalue weighted by Crippen LogP contribution is 2.17. The largest absolute Gasteiger partial charge is 0.497 e. The zero-order valence-corrected chi connectivity index (χ0v) is 16.6. The van der Waals surface area contributed by atoms with E-state index < -0.39 is 0 Å². The average Bonchev–Trinajstić information content (AvgIpc) is 2.68. The van der Waals surface area contributed by atoms with Crippen molar-refractivity contribution in [1.29, 1.82) is 0 Å². The average molecular weight is 388 g/mol. The number of likely N-dealkylation sites (N-methyl/N-ethyl adjacent to an activating group) is 1. The first kappa shape index (κ1) is 20.5. The molecule has 0 aliphatic rings. The smallest absolute Gasteiger partial charge is 0.243 e. The summed E-state index contributed by atoms with van der Waals surface area (Å²) in [5, 5.41) is 6.50. The van der Waals surface area contributed by atoms with Gasteiger partial charge in [-0.25, -0.2) is 0 Å². The summed E-state index contributed by atoms with van der Waals surface area (Å²) in [7, 11) is 1.60. The minimum atomic E-state index is -0.141. The van der Waals surface area contributed by atoms with Crippen LogP contribution in [0.1, 0.15) is 13.8 Å². The molecule has 0 saturated carbocycles. The Morgan fingerprint density at radius 2 is 1.52 bits per heavy atom. The summed E-state index contributed by atoms with van der Waals surface area (Å²) >= 11 is 5.44. The standard InChI is InChI=1S/C20H25N3O3S/c1-4-23(14-19(24)21-15-6-10-17(25-3)11-7-15)20(27)22-16-8-12-18(13-9-16)26-5-2/h6-13H,4-5,14H2,1-3H3,(H,21,24)(H,22,27). The lowest BCUT2D eigenvalue weighted by molar-refractivity contribution is -0.116. The number of ether oxygens (including phenoxy) is 2. The van der Waals surface area contributed by atoms with Crippen molar-refractivity contribution >= 4 is 34.6 Å². The topological polar surface area (TPSA) is 62.8 Å². The number of nitrogens with one attached hydrogen (secondary N) is 2. The third-order valence-corrected chi connectivity index (χ3v) is 4.15. The van der Waals surface area contributed by atoms with Crippen LogP contribution in [0.25, 0.3) is 0 Å². The molecule has 27 heavy (non-hydrogen) atoms. The van der Waals surface area contributed by atoms with Crippen LogP contribution < -0.4 is 20.1 Å². The molecule has 0 radical (unpaired) electrons. The number of benzene rings is 2. The van der Waals surface area contributed by atoms with Crippen LogP contribution in [-0.4, -0.2) is 42.7 Å². The molecule has 6 nitrogen and oxygen atoms in total. The highest BCUT2D eigenvalue weighted by molar-refractivity contribution is 7.80. The van der Waals surface area contributed by atoms with Gasteiger partial charge >= 0.3 is 0 Å². The van der Waals surface area contributed by atoms with E-state index >= 15 is 0 Å². The van der Waals surface area contributed by atoms with Crippen molar-refractivity contribution in [3.8, 4) is 11.5 Å². The number of carbonyl (C=O) groups is 1. The molecule has 2 aromatic carbocycles. The maximum atomic E-state index is 12.3. The summed E-state index contributed by atoms with van der Waals surface area (Å²) in [5.41, 5.74) is 1.56. The van der Waals surface area contributed by atoms with Crippen molar-refractivity contribution in [2.45, 2.75) is 13.8 Å². The van der Waals surface area contributed by atoms with Crippen LogP contribution in [0.2, 0.25) is 0 Å². The van der Waals surface area contributed by atoms with Crippen LogP contribution >= 0.6 is 12.2 Å². The zero-order valence-electron chi connectivity index (χ0n) is 15.8. The Morgan fingerprint density at radius 3 is 2.04 bits per heavy atom. The maximum absolute atomic E-state index is 12.3. The first-order chi connectivity index (χ1) is 13.0. The normalized spacial score (nSPS) is 10.0. The highest BCUT2D eigenvalue weighted by atomic mass is 32.1. The number of methoxy groups -OCH3 is 1. The Hall–Kier alpha value is -2.80. The molecule has 0 aliphatic heterocycles. The van der Waals surface area contributed by atoms with Crippen molar-refractivity contribution in [3.05, 3.63) is 48.5 Å². The van der Waals surface area contributed by atoms with Gasteiger partial charge in [-0.1, -0.05) is 0 Å². The van der Waals surface area contributed by atoms with Gasteiger partial charge in [-0.3, -0.25) is 4.79 Å². The number of thiocarbonyl (C=S) groups is 1. The van der Waals surface area contributed by atoms with Gasteiger partial charge in [0.2, 0.25) is 5.91 Å². The van der Waals surface area contributed by atoms with E-state index in [0.717, 1.165) is 17.2 Å². The lowest BCUT2D eigenvalue weighted by atomic mass is 10.3. The van der Waals surface area contributed by atoms with Crippen LogP contribution in [0.3, 0.4) is 0 Å². The molecule has 2 rings (SSSR count). The third kappa shape index (κ3) is 6.45. The summed E-state index contributed by atoms with van der Waals surface area (Å²) < 4.78 is 10.5. The summed E-state index contributed by atoms with van der Waals surface area (Å²) in [6, 6.07) is 14.7. The summed E-state index contributed by atoms with van der Waals surface area (Å²) in [6.45, 7) is 5.28. The zero-order chi connectivity index (χ0) is 19.6. The number of rotatable bonds is 8. The highest BCUT2D eigenvalue weighted by Gasteiger charge is 2.13. The van der Waals surface area contributed by atoms with Crippen LogP contribution in [0, 0.1) is 0 Å². The van der Waals surface area contributed by atoms with Crippen LogP contribution in [0.5, 0.6) is 11.5 Å². The predicted octanol–water partition coefficient (Wildman–Crippen LogP) is 3.75. The molecule has 0 heterocycles. The van der Waals surface area contributed by atoms with Gasteiger partial charge < -0.3 is 25.0 Å². The minimum Gasteiger partial charge on any atom is -0.497 e. The second-order valence-electron chi connectivity index (χ2n) is 5.68. The number of nitrogens with zero attached hydrogens (tertiary/aromatic N) is 1. The fourth-order valence-electron chi connectivity index (χ4n) is 2.38. The summed E-state index contributed by atoms with van der Waals surface area (Å²) in [4.78, 5) is 14.1. The third-order valence-electron chi connectivity index (χ3n) is 3.79. The molecule has 0 aromatic heterocycles. The van der Waals surface area contributed by atoms with Gasteiger partial charge in [0.25, 0.3) is 0 Å². The molecule has 7 heteroatoms. The van der Waals surface area contributed by atoms with Crippen LogP contribution in [0.15, 0.2) is 48.5 Å². The Bertz CT molecular complexity index is 748. The van der Waals surface area contributed by atoms with Gasteiger partial charge in [-0.2, -0.15) is 0 Å². The summed E-state index contributed by atoms with van der Waals surface area (Å²) in [6.07, 6.45) is 0. The number of hydrogen-bond acceptors (Lipinski definition) is 4. The molecule has 0 aliphatic carbocycles. The van der Waals surface area contributed by atoms with Gasteiger partial charge in [0.1, 0.15) is 11.5 Å². The maximum Gasteiger partial charge on any atom is 0.243 e. The number of hydrogen-bond donors (Lipinski definition) is 2. The monoisotopic (exact) mass is 387 g/mol. The van der Waals surface area contributed by atoms with E-state index in [9.17, 15) is 4.79 Å². The fourth-order valence-corrected chi connectivity index (χ4v) is 2.69. The SMILES string of the molecule is CCOc1ccc(NC(=S)N(CC)CC(=O)Nc2ccc(OC)cc2)cc1. The van der Waals surface area contributed by atoms with E-state index in [-0.39, 0.29) is 12.5 Å². The number of anilines is 2. The van der Waals surface area contributed by atoms with E-state index in [0.29, 0.717) is 24.0 Å². The second kappa shape index (κ2) is 10.4. The molecule has 2 aromatic rings. The molecule has 0 bridgehead atoms.